The summed E-state index contributed by atoms with van der Waals surface area (Å²) in [6, 6.07) is 9.58. The van der Waals surface area contributed by atoms with Crippen molar-refractivity contribution in [3.63, 3.8) is 0 Å². The van der Waals surface area contributed by atoms with E-state index in [-0.39, 0.29) is 5.91 Å². The van der Waals surface area contributed by atoms with Crippen LogP contribution in [-0.4, -0.2) is 43.5 Å². The van der Waals surface area contributed by atoms with E-state index in [1.807, 2.05) is 32.3 Å². The van der Waals surface area contributed by atoms with Gasteiger partial charge in [0.05, 0.1) is 36.6 Å². The minimum Gasteiger partial charge on any atom is -0.490 e. The van der Waals surface area contributed by atoms with E-state index in [0.29, 0.717) is 67.2 Å². The molecule has 0 bridgehead atoms. The van der Waals surface area contributed by atoms with Crippen LogP contribution in [0.25, 0.3) is 10.2 Å². The number of aromatic nitrogens is 1. The number of amides is 1. The Morgan fingerprint density at radius 3 is 2.21 bits per heavy atom. The summed E-state index contributed by atoms with van der Waals surface area (Å²) in [4.78, 5) is 18.4. The van der Waals surface area contributed by atoms with Gasteiger partial charge in [-0.15, -0.1) is 0 Å². The molecule has 1 amide bonds. The highest BCUT2D eigenvalue weighted by molar-refractivity contribution is 7.16. The largest absolute Gasteiger partial charge is 0.490 e. The van der Waals surface area contributed by atoms with Crippen LogP contribution in [0.15, 0.2) is 35.3 Å². The van der Waals surface area contributed by atoms with E-state index < -0.39 is 0 Å². The molecule has 8 heteroatoms. The smallest absolute Gasteiger partial charge is 0.279 e. The van der Waals surface area contributed by atoms with Crippen LogP contribution in [0.3, 0.4) is 0 Å². The maximum absolute atomic E-state index is 13.3. The second-order valence-electron chi connectivity index (χ2n) is 7.22. The molecule has 1 aromatic heterocycles. The van der Waals surface area contributed by atoms with E-state index in [4.69, 9.17) is 18.9 Å². The molecule has 0 aliphatic heterocycles. The fourth-order valence-corrected chi connectivity index (χ4v) is 4.60. The summed E-state index contributed by atoms with van der Waals surface area (Å²) >= 11 is 1.49. The summed E-state index contributed by atoms with van der Waals surface area (Å²) in [7, 11) is 0. The number of aryl methyl sites for hydroxylation is 1. The van der Waals surface area contributed by atoms with Crippen LogP contribution >= 0.6 is 11.3 Å². The van der Waals surface area contributed by atoms with E-state index >= 15 is 0 Å². The number of carbonyl (C=O) groups excluding carboxylic acids is 1. The van der Waals surface area contributed by atoms with E-state index in [9.17, 15) is 4.79 Å². The third-order valence-electron chi connectivity index (χ3n) is 4.85. The lowest BCUT2D eigenvalue weighted by atomic mass is 10.1. The van der Waals surface area contributed by atoms with Crippen molar-refractivity contribution >= 4 is 27.5 Å². The number of benzene rings is 2. The van der Waals surface area contributed by atoms with E-state index in [0.717, 1.165) is 15.8 Å². The van der Waals surface area contributed by atoms with Crippen LogP contribution in [0.2, 0.25) is 0 Å². The fourth-order valence-electron chi connectivity index (χ4n) is 3.45. The van der Waals surface area contributed by atoms with Crippen molar-refractivity contribution in [2.75, 3.05) is 33.0 Å². The predicted molar refractivity (Wildman–Crippen MR) is 131 cm³/mol. The normalized spacial score (nSPS) is 11.7. The van der Waals surface area contributed by atoms with Gasteiger partial charge in [0.15, 0.2) is 16.3 Å². The number of thiazole rings is 1. The molecule has 0 fully saturated rings. The molecule has 0 spiro atoms. The molecule has 0 N–H and O–H groups in total. The number of hydrogen-bond acceptors (Lipinski definition) is 6. The van der Waals surface area contributed by atoms with Gasteiger partial charge in [0.1, 0.15) is 0 Å². The van der Waals surface area contributed by atoms with Gasteiger partial charge in [0.25, 0.3) is 5.91 Å². The zero-order valence-corrected chi connectivity index (χ0v) is 20.8. The van der Waals surface area contributed by atoms with Gasteiger partial charge in [-0.3, -0.25) is 4.79 Å². The van der Waals surface area contributed by atoms with Crippen LogP contribution in [0.1, 0.15) is 43.6 Å². The van der Waals surface area contributed by atoms with E-state index in [1.165, 1.54) is 11.3 Å². The minimum absolute atomic E-state index is 0.367. The van der Waals surface area contributed by atoms with Crippen LogP contribution in [-0.2, 0) is 11.3 Å². The summed E-state index contributed by atoms with van der Waals surface area (Å²) in [5, 5.41) is 0. The van der Waals surface area contributed by atoms with Gasteiger partial charge in [-0.1, -0.05) is 17.4 Å². The first kappa shape index (κ1) is 24.8. The third-order valence-corrected chi connectivity index (χ3v) is 5.90. The Kier molecular flexibility index (Phi) is 8.91. The maximum atomic E-state index is 13.3. The van der Waals surface area contributed by atoms with Gasteiger partial charge >= 0.3 is 0 Å². The van der Waals surface area contributed by atoms with Gasteiger partial charge in [-0.2, -0.15) is 4.99 Å². The quantitative estimate of drug-likeness (QED) is 0.368. The molecule has 0 saturated heterocycles. The average Bonchev–Trinajstić information content (AvgIpc) is 3.12. The summed E-state index contributed by atoms with van der Waals surface area (Å²) < 4.78 is 25.9. The summed E-state index contributed by atoms with van der Waals surface area (Å²) in [5.41, 5.74) is 2.58. The number of nitrogens with zero attached hydrogens (tertiary/aromatic N) is 2. The van der Waals surface area contributed by atoms with Crippen molar-refractivity contribution in [2.45, 2.75) is 41.2 Å². The van der Waals surface area contributed by atoms with Crippen molar-refractivity contribution < 1.29 is 23.7 Å². The Morgan fingerprint density at radius 1 is 0.939 bits per heavy atom. The van der Waals surface area contributed by atoms with Crippen molar-refractivity contribution in [2.24, 2.45) is 4.99 Å². The van der Waals surface area contributed by atoms with Crippen molar-refractivity contribution in [3.8, 4) is 17.2 Å². The second-order valence-corrected chi connectivity index (χ2v) is 8.23. The molecule has 1 heterocycles. The maximum Gasteiger partial charge on any atom is 0.279 e. The third kappa shape index (κ3) is 5.94. The van der Waals surface area contributed by atoms with Crippen molar-refractivity contribution in [1.82, 2.24) is 4.57 Å². The molecule has 2 aromatic carbocycles. The number of fused-ring (bicyclic) bond motifs is 1. The van der Waals surface area contributed by atoms with Crippen LogP contribution in [0, 0.1) is 6.92 Å². The molecule has 178 valence electrons. The molecule has 3 aromatic rings. The second kappa shape index (κ2) is 11.9. The highest BCUT2D eigenvalue weighted by Gasteiger charge is 2.19. The highest BCUT2D eigenvalue weighted by Crippen LogP contribution is 2.39. The summed E-state index contributed by atoms with van der Waals surface area (Å²) in [6.07, 6.45) is 0. The van der Waals surface area contributed by atoms with Crippen LogP contribution in [0.5, 0.6) is 17.2 Å². The standard InChI is InChI=1S/C25H32N2O5S/c1-6-29-13-12-27-19-11-10-17(5)14-22(19)33-25(27)26-24(28)18-15-20(30-7-2)23(32-9-4)21(16-18)31-8-3/h10-11,14-16H,6-9,12-13H2,1-5H3. The van der Waals surface area contributed by atoms with Crippen molar-refractivity contribution in [1.29, 1.82) is 0 Å². The van der Waals surface area contributed by atoms with Gasteiger partial charge in [-0.05, 0) is 64.4 Å². The molecule has 7 nitrogen and oxygen atoms in total. The lowest BCUT2D eigenvalue weighted by molar-refractivity contribution is 0.0995. The summed E-state index contributed by atoms with van der Waals surface area (Å²) in [5.74, 6) is 1.08. The Balaban J connectivity index is 2.09. The van der Waals surface area contributed by atoms with Gasteiger partial charge in [-0.25, -0.2) is 0 Å². The molecule has 0 aliphatic rings. The van der Waals surface area contributed by atoms with Crippen LogP contribution in [0.4, 0.5) is 0 Å². The first-order chi connectivity index (χ1) is 16.0. The Labute approximate surface area is 198 Å². The first-order valence-corrected chi connectivity index (χ1v) is 12.2. The number of rotatable bonds is 11. The Hall–Kier alpha value is -2.84. The van der Waals surface area contributed by atoms with Gasteiger partial charge < -0.3 is 23.5 Å². The highest BCUT2D eigenvalue weighted by atomic mass is 32.1. The van der Waals surface area contributed by atoms with Crippen molar-refractivity contribution in [3.05, 3.63) is 46.3 Å². The summed E-state index contributed by atoms with van der Waals surface area (Å²) in [6.45, 7) is 12.8. The Bertz CT molecular complexity index is 1140. The number of ether oxygens (including phenoxy) is 4. The first-order valence-electron chi connectivity index (χ1n) is 11.3. The van der Waals surface area contributed by atoms with Gasteiger partial charge in [0, 0.05) is 18.7 Å². The molecule has 0 saturated carbocycles. The minimum atomic E-state index is -0.367. The lowest BCUT2D eigenvalue weighted by Crippen LogP contribution is -2.19. The molecule has 0 atom stereocenters. The molecular formula is C25H32N2O5S. The van der Waals surface area contributed by atoms with E-state index in [2.05, 4.69) is 30.1 Å². The average molecular weight is 473 g/mol. The fraction of sp³-hybridized carbons (Fsp3) is 0.440. The number of hydrogen-bond donors (Lipinski definition) is 0. The monoisotopic (exact) mass is 472 g/mol. The predicted octanol–water partition coefficient (Wildman–Crippen LogP) is 4.98. The SMILES string of the molecule is CCOCCn1c(=NC(=O)c2cc(OCC)c(OCC)c(OCC)c2)sc2cc(C)ccc21. The molecule has 33 heavy (non-hydrogen) atoms. The molecule has 0 aliphatic carbocycles. The Morgan fingerprint density at radius 2 is 1.61 bits per heavy atom. The zero-order valence-electron chi connectivity index (χ0n) is 20.0. The van der Waals surface area contributed by atoms with E-state index in [1.54, 1.807) is 12.1 Å². The number of carbonyl (C=O) groups is 1. The molecule has 0 unspecified atom stereocenters. The molecule has 0 radical (unpaired) electrons. The molecule has 3 rings (SSSR count). The zero-order chi connectivity index (χ0) is 23.8. The molecular weight excluding hydrogens is 440 g/mol. The van der Waals surface area contributed by atoms with Gasteiger partial charge in [0.2, 0.25) is 5.75 Å². The topological polar surface area (TPSA) is 71.3 Å². The lowest BCUT2D eigenvalue weighted by Gasteiger charge is -2.16. The van der Waals surface area contributed by atoms with Crippen LogP contribution < -0.4 is 19.0 Å².